The molecule has 43 heavy (non-hydrogen) atoms. The highest BCUT2D eigenvalue weighted by Gasteiger charge is 2.64. The zero-order valence-corrected chi connectivity index (χ0v) is 28.1. The fourth-order valence-corrected chi connectivity index (χ4v) is 11.5. The molecule has 0 heterocycles. The van der Waals surface area contributed by atoms with Crippen LogP contribution >= 0.6 is 0 Å². The molecule has 0 aliphatic heterocycles. The van der Waals surface area contributed by atoms with Crippen LogP contribution in [0.25, 0.3) is 0 Å². The molecule has 1 aromatic rings. The van der Waals surface area contributed by atoms with Crippen molar-refractivity contribution >= 4 is 16.1 Å². The van der Waals surface area contributed by atoms with Gasteiger partial charge in [-0.3, -0.25) is 0 Å². The number of amides is 1. The number of ether oxygens (including phenoxy) is 1. The summed E-state index contributed by atoms with van der Waals surface area (Å²) in [7, 11) is -4.03. The number of rotatable bonds is 6. The third-order valence-corrected chi connectivity index (χ3v) is 14.2. The van der Waals surface area contributed by atoms with Gasteiger partial charge in [-0.2, -0.15) is 0 Å². The van der Waals surface area contributed by atoms with Crippen molar-refractivity contribution in [3.63, 3.8) is 0 Å². The number of nitrogens with one attached hydrogen (secondary N) is 1. The van der Waals surface area contributed by atoms with Crippen LogP contribution in [0.1, 0.15) is 105 Å². The molecular formula is C35H55NO6S. The lowest BCUT2D eigenvalue weighted by Gasteiger charge is -2.64. The monoisotopic (exact) mass is 617 g/mol. The van der Waals surface area contributed by atoms with Crippen molar-refractivity contribution in [3.8, 4) is 0 Å². The van der Waals surface area contributed by atoms with E-state index < -0.39 is 16.1 Å². The molecule has 0 saturated heterocycles. The summed E-state index contributed by atoms with van der Waals surface area (Å²) in [5, 5.41) is 22.4. The van der Waals surface area contributed by atoms with Gasteiger partial charge in [0.1, 0.15) is 0 Å². The first kappa shape index (κ1) is 32.7. The van der Waals surface area contributed by atoms with Gasteiger partial charge in [0.2, 0.25) is 0 Å². The predicted octanol–water partition coefficient (Wildman–Crippen LogP) is 6.66. The van der Waals surface area contributed by atoms with Crippen LogP contribution in [0.4, 0.5) is 4.79 Å². The maximum Gasteiger partial charge on any atom is 0.421 e. The van der Waals surface area contributed by atoms with Crippen molar-refractivity contribution < 1.29 is 28.2 Å². The topological polar surface area (TPSA) is 113 Å². The molecule has 5 rings (SSSR count). The molecule has 3 N–H and O–H groups in total. The fourth-order valence-electron chi connectivity index (χ4n) is 10.6. The smallest absolute Gasteiger partial charge is 0.421 e. The van der Waals surface area contributed by atoms with Gasteiger partial charge in [-0.25, -0.2) is 17.9 Å². The molecule has 4 saturated carbocycles. The summed E-state index contributed by atoms with van der Waals surface area (Å²) >= 11 is 0. The van der Waals surface area contributed by atoms with Crippen molar-refractivity contribution in [2.45, 2.75) is 122 Å². The zero-order valence-electron chi connectivity index (χ0n) is 27.3. The Morgan fingerprint density at radius 2 is 1.63 bits per heavy atom. The molecule has 4 aliphatic carbocycles. The van der Waals surface area contributed by atoms with E-state index in [2.05, 4.69) is 53.2 Å². The van der Waals surface area contributed by atoms with Crippen molar-refractivity contribution in [3.05, 3.63) is 29.8 Å². The summed E-state index contributed by atoms with van der Waals surface area (Å²) in [6.07, 6.45) is 6.39. The third kappa shape index (κ3) is 5.78. The van der Waals surface area contributed by atoms with Crippen LogP contribution in [0.15, 0.2) is 29.2 Å². The van der Waals surface area contributed by atoms with Gasteiger partial charge in [0.05, 0.1) is 23.7 Å². The standard InChI is InChI=1S/C35H55NO6S/c1-8-25-29-19-23(37)15-17-35(29,7)28-16-18-34(6)26(13-14-27(34)30(28)31(25)38)21(2)20-42-32(39)36-43(40,41)24-11-9-22(10-12-24)33(3,4)5/h9-12,21,23,25-31,37-38H,8,13-20H2,1-7H3,(H,36,39)/t21-,23-,25-,26-,27?,28+,29+,30+,31-,34-,35-/m1/s1. The Bertz CT molecular complexity index is 1270. The van der Waals surface area contributed by atoms with E-state index in [4.69, 9.17) is 4.74 Å². The molecule has 1 unspecified atom stereocenters. The predicted molar refractivity (Wildman–Crippen MR) is 168 cm³/mol. The van der Waals surface area contributed by atoms with E-state index in [1.807, 2.05) is 0 Å². The molecule has 242 valence electrons. The van der Waals surface area contributed by atoms with E-state index in [9.17, 15) is 23.4 Å². The minimum absolute atomic E-state index is 0.0354. The highest BCUT2D eigenvalue weighted by atomic mass is 32.2. The van der Waals surface area contributed by atoms with E-state index in [0.29, 0.717) is 23.7 Å². The quantitative estimate of drug-likeness (QED) is 0.329. The second-order valence-corrected chi connectivity index (χ2v) is 17.8. The summed E-state index contributed by atoms with van der Waals surface area (Å²) in [5.41, 5.74) is 1.11. The lowest BCUT2D eigenvalue weighted by molar-refractivity contribution is -0.203. The van der Waals surface area contributed by atoms with Gasteiger partial charge in [-0.05, 0) is 120 Å². The number of aliphatic hydroxyl groups excluding tert-OH is 2. The number of hydrogen-bond acceptors (Lipinski definition) is 6. The highest BCUT2D eigenvalue weighted by Crippen LogP contribution is 2.69. The van der Waals surface area contributed by atoms with Gasteiger partial charge in [-0.1, -0.05) is 67.0 Å². The van der Waals surface area contributed by atoms with Crippen molar-refractivity contribution in [2.24, 2.45) is 52.3 Å². The maximum atomic E-state index is 12.9. The Morgan fingerprint density at radius 1 is 1.00 bits per heavy atom. The molecule has 0 bridgehead atoms. The Kier molecular flexibility index (Phi) is 8.85. The molecule has 8 heteroatoms. The normalized spacial score (nSPS) is 40.1. The van der Waals surface area contributed by atoms with Gasteiger partial charge >= 0.3 is 6.09 Å². The van der Waals surface area contributed by atoms with Crippen LogP contribution < -0.4 is 4.72 Å². The first-order chi connectivity index (χ1) is 20.0. The molecule has 4 fully saturated rings. The Morgan fingerprint density at radius 3 is 2.26 bits per heavy atom. The first-order valence-corrected chi connectivity index (χ1v) is 18.2. The lowest BCUT2D eigenvalue weighted by Crippen LogP contribution is -2.62. The average molecular weight is 618 g/mol. The summed E-state index contributed by atoms with van der Waals surface area (Å²) in [6, 6.07) is 6.60. The van der Waals surface area contributed by atoms with E-state index in [1.54, 1.807) is 12.1 Å². The van der Waals surface area contributed by atoms with Gasteiger partial charge in [0.15, 0.2) is 0 Å². The molecule has 1 amide bonds. The van der Waals surface area contributed by atoms with E-state index in [0.717, 1.165) is 56.9 Å². The highest BCUT2D eigenvalue weighted by molar-refractivity contribution is 7.90. The molecule has 0 aromatic heterocycles. The van der Waals surface area contributed by atoms with Crippen molar-refractivity contribution in [2.75, 3.05) is 6.61 Å². The Hall–Kier alpha value is -1.64. The van der Waals surface area contributed by atoms with Gasteiger partial charge < -0.3 is 14.9 Å². The summed E-state index contributed by atoms with van der Waals surface area (Å²) < 4.78 is 33.3. The van der Waals surface area contributed by atoms with Crippen LogP contribution in [-0.2, 0) is 20.2 Å². The average Bonchev–Trinajstić information content (AvgIpc) is 3.29. The third-order valence-electron chi connectivity index (χ3n) is 12.9. The van der Waals surface area contributed by atoms with E-state index in [-0.39, 0.29) is 57.7 Å². The van der Waals surface area contributed by atoms with Gasteiger partial charge in [0.25, 0.3) is 10.0 Å². The van der Waals surface area contributed by atoms with Gasteiger partial charge in [-0.15, -0.1) is 0 Å². The van der Waals surface area contributed by atoms with Crippen molar-refractivity contribution in [1.29, 1.82) is 0 Å². The number of carbonyl (C=O) groups is 1. The summed E-state index contributed by atoms with van der Waals surface area (Å²) in [6.45, 7) is 15.5. The molecule has 0 spiro atoms. The lowest BCUT2D eigenvalue weighted by atomic mass is 9.41. The van der Waals surface area contributed by atoms with Crippen LogP contribution in [0, 0.1) is 52.3 Å². The van der Waals surface area contributed by atoms with Crippen LogP contribution in [-0.4, -0.2) is 43.5 Å². The number of sulfonamides is 1. The molecular weight excluding hydrogens is 562 g/mol. The van der Waals surface area contributed by atoms with Crippen LogP contribution in [0.5, 0.6) is 0 Å². The Labute approximate surface area is 259 Å². The number of aliphatic hydroxyl groups is 2. The molecule has 0 radical (unpaired) electrons. The minimum Gasteiger partial charge on any atom is -0.449 e. The maximum absolute atomic E-state index is 12.9. The minimum atomic E-state index is -4.03. The van der Waals surface area contributed by atoms with E-state index in [1.165, 1.54) is 12.1 Å². The fraction of sp³-hybridized carbons (Fsp3) is 0.800. The molecule has 4 aliphatic rings. The number of benzene rings is 1. The van der Waals surface area contributed by atoms with Crippen molar-refractivity contribution in [1.82, 2.24) is 4.72 Å². The Balaban J connectivity index is 1.24. The zero-order chi connectivity index (χ0) is 31.5. The second kappa shape index (κ2) is 11.6. The molecule has 1 aromatic carbocycles. The molecule has 7 nitrogen and oxygen atoms in total. The summed E-state index contributed by atoms with van der Waals surface area (Å²) in [5.74, 6) is 2.14. The van der Waals surface area contributed by atoms with Crippen LogP contribution in [0.3, 0.4) is 0 Å². The molecule has 11 atom stereocenters. The largest absolute Gasteiger partial charge is 0.449 e. The SMILES string of the molecule is CC[C@H]1[C@@H](O)[C@H]2C3CC[C@H]([C@H](C)COC(=O)NS(=O)(=O)c4ccc(C(C)(C)C)cc4)[C@@]3(C)CC[C@@H]2[C@@]2(C)CC[C@@H](O)C[C@@H]12. The van der Waals surface area contributed by atoms with Crippen LogP contribution in [0.2, 0.25) is 0 Å². The first-order valence-electron chi connectivity index (χ1n) is 16.7. The number of fused-ring (bicyclic) bond motifs is 5. The number of hydrogen-bond donors (Lipinski definition) is 3. The summed E-state index contributed by atoms with van der Waals surface area (Å²) in [4.78, 5) is 12.7. The van der Waals surface area contributed by atoms with E-state index >= 15 is 0 Å². The second-order valence-electron chi connectivity index (χ2n) is 16.1. The van der Waals surface area contributed by atoms with Gasteiger partial charge in [0, 0.05) is 0 Å². The number of carbonyl (C=O) groups excluding carboxylic acids is 1.